The van der Waals surface area contributed by atoms with Gasteiger partial charge in [-0.15, -0.1) is 0 Å². The van der Waals surface area contributed by atoms with Crippen LogP contribution in [-0.4, -0.2) is 35.0 Å². The number of aliphatic hydroxyl groups excluding tert-OH is 1. The molecule has 66 valence electrons. The van der Waals surface area contributed by atoms with Crippen LogP contribution >= 0.6 is 0 Å². The van der Waals surface area contributed by atoms with Crippen molar-refractivity contribution in [2.45, 2.75) is 25.9 Å². The van der Waals surface area contributed by atoms with Gasteiger partial charge in [0, 0.05) is 13.3 Å². The van der Waals surface area contributed by atoms with Crippen molar-refractivity contribution in [1.82, 2.24) is 0 Å². The first-order valence-corrected chi connectivity index (χ1v) is 3.44. The molecule has 4 heteroatoms. The summed E-state index contributed by atoms with van der Waals surface area (Å²) in [5, 5.41) is 17.8. The summed E-state index contributed by atoms with van der Waals surface area (Å²) >= 11 is 0. The highest BCUT2D eigenvalue weighted by molar-refractivity contribution is 5.65. The normalized spacial score (nSPS) is 15.6. The Morgan fingerprint density at radius 3 is 2.55 bits per heavy atom. The average Bonchev–Trinajstić information content (AvgIpc) is 1.87. The van der Waals surface area contributed by atoms with E-state index in [2.05, 4.69) is 4.74 Å². The minimum atomic E-state index is -1.14. The van der Waals surface area contributed by atoms with Crippen molar-refractivity contribution < 1.29 is 19.7 Å². The molecule has 4 nitrogen and oxygen atoms in total. The van der Waals surface area contributed by atoms with Crippen LogP contribution in [0, 0.1) is 0 Å². The molecule has 1 atom stereocenters. The van der Waals surface area contributed by atoms with Crippen LogP contribution in [0.5, 0.6) is 0 Å². The molecule has 0 saturated carbocycles. The highest BCUT2D eigenvalue weighted by atomic mass is 16.5. The second kappa shape index (κ2) is 4.31. The summed E-state index contributed by atoms with van der Waals surface area (Å²) < 4.78 is 4.57. The molecule has 0 aromatic carbocycles. The summed E-state index contributed by atoms with van der Waals surface area (Å²) in [5.74, 6) is -0.376. The van der Waals surface area contributed by atoms with Crippen LogP contribution in [-0.2, 0) is 9.53 Å². The number of esters is 1. The molecule has 0 saturated heterocycles. The first-order valence-electron chi connectivity index (χ1n) is 3.44. The van der Waals surface area contributed by atoms with E-state index >= 15 is 0 Å². The number of ether oxygens (including phenoxy) is 1. The SMILES string of the molecule is CC(=O)OCCC(C)(O)CO. The zero-order valence-corrected chi connectivity index (χ0v) is 6.83. The Bertz CT molecular complexity index is 130. The maximum absolute atomic E-state index is 10.3. The van der Waals surface area contributed by atoms with Crippen molar-refractivity contribution >= 4 is 5.97 Å². The number of carbonyl (C=O) groups excluding carboxylic acids is 1. The van der Waals surface area contributed by atoms with Gasteiger partial charge in [0.1, 0.15) is 0 Å². The van der Waals surface area contributed by atoms with Crippen LogP contribution in [0.2, 0.25) is 0 Å². The first kappa shape index (κ1) is 10.4. The Hall–Kier alpha value is -0.610. The van der Waals surface area contributed by atoms with Crippen LogP contribution in [0.25, 0.3) is 0 Å². The molecule has 0 aromatic heterocycles. The Morgan fingerprint density at radius 2 is 2.18 bits per heavy atom. The molecule has 0 bridgehead atoms. The summed E-state index contributed by atoms with van der Waals surface area (Å²) in [6.07, 6.45) is 0.253. The largest absolute Gasteiger partial charge is 0.466 e. The average molecular weight is 162 g/mol. The fourth-order valence-corrected chi connectivity index (χ4v) is 0.494. The van der Waals surface area contributed by atoms with E-state index in [0.29, 0.717) is 0 Å². The predicted octanol–water partition coefficient (Wildman–Crippen LogP) is -0.317. The quantitative estimate of drug-likeness (QED) is 0.556. The second-order valence-corrected chi connectivity index (χ2v) is 2.75. The second-order valence-electron chi connectivity index (χ2n) is 2.75. The van der Waals surface area contributed by atoms with Crippen LogP contribution < -0.4 is 0 Å². The molecule has 0 aromatic rings. The van der Waals surface area contributed by atoms with Crippen molar-refractivity contribution in [2.75, 3.05) is 13.2 Å². The van der Waals surface area contributed by atoms with E-state index in [9.17, 15) is 9.90 Å². The van der Waals surface area contributed by atoms with Crippen LogP contribution in [0.15, 0.2) is 0 Å². The highest BCUT2D eigenvalue weighted by Gasteiger charge is 2.18. The smallest absolute Gasteiger partial charge is 0.302 e. The monoisotopic (exact) mass is 162 g/mol. The minimum Gasteiger partial charge on any atom is -0.466 e. The molecule has 0 aliphatic rings. The predicted molar refractivity (Wildman–Crippen MR) is 39.0 cm³/mol. The van der Waals surface area contributed by atoms with E-state index in [1.54, 1.807) is 0 Å². The first-order chi connectivity index (χ1) is 4.98. The summed E-state index contributed by atoms with van der Waals surface area (Å²) in [5.41, 5.74) is -1.14. The highest BCUT2D eigenvalue weighted by Crippen LogP contribution is 2.07. The number of carbonyl (C=O) groups is 1. The van der Waals surface area contributed by atoms with Crippen molar-refractivity contribution in [2.24, 2.45) is 0 Å². The number of aliphatic hydroxyl groups is 2. The lowest BCUT2D eigenvalue weighted by molar-refractivity contribution is -0.142. The zero-order chi connectivity index (χ0) is 8.91. The van der Waals surface area contributed by atoms with Gasteiger partial charge in [0.05, 0.1) is 18.8 Å². The van der Waals surface area contributed by atoms with Crippen LogP contribution in [0.1, 0.15) is 20.3 Å². The lowest BCUT2D eigenvalue weighted by atomic mass is 10.1. The van der Waals surface area contributed by atoms with Gasteiger partial charge >= 0.3 is 5.97 Å². The minimum absolute atomic E-state index is 0.142. The summed E-state index contributed by atoms with van der Waals surface area (Å²) in [7, 11) is 0. The molecule has 0 heterocycles. The third-order valence-corrected chi connectivity index (χ3v) is 1.29. The Balaban J connectivity index is 3.45. The lowest BCUT2D eigenvalue weighted by Crippen LogP contribution is -2.30. The van der Waals surface area contributed by atoms with Gasteiger partial charge in [-0.05, 0) is 6.92 Å². The van der Waals surface area contributed by atoms with Crippen molar-refractivity contribution in [3.05, 3.63) is 0 Å². The standard InChI is InChI=1S/C7H14O4/c1-6(9)11-4-3-7(2,10)5-8/h8,10H,3-5H2,1-2H3. The molecular formula is C7H14O4. The van der Waals surface area contributed by atoms with E-state index in [0.717, 1.165) is 0 Å². The molecule has 11 heavy (non-hydrogen) atoms. The van der Waals surface area contributed by atoms with Gasteiger partial charge in [0.25, 0.3) is 0 Å². The molecule has 0 aliphatic heterocycles. The van der Waals surface area contributed by atoms with E-state index in [4.69, 9.17) is 5.11 Å². The van der Waals surface area contributed by atoms with Crippen molar-refractivity contribution in [3.8, 4) is 0 Å². The molecule has 0 rings (SSSR count). The Kier molecular flexibility index (Phi) is 4.07. The number of hydrogen-bond donors (Lipinski definition) is 2. The fraction of sp³-hybridized carbons (Fsp3) is 0.857. The lowest BCUT2D eigenvalue weighted by Gasteiger charge is -2.19. The molecule has 1 unspecified atom stereocenters. The third kappa shape index (κ3) is 5.82. The van der Waals surface area contributed by atoms with Crippen molar-refractivity contribution in [1.29, 1.82) is 0 Å². The van der Waals surface area contributed by atoms with Crippen LogP contribution in [0.3, 0.4) is 0 Å². The Labute approximate surface area is 65.8 Å². The molecule has 2 N–H and O–H groups in total. The van der Waals surface area contributed by atoms with Gasteiger partial charge in [-0.3, -0.25) is 4.79 Å². The Morgan fingerprint density at radius 1 is 1.64 bits per heavy atom. The van der Waals surface area contributed by atoms with Crippen molar-refractivity contribution in [3.63, 3.8) is 0 Å². The van der Waals surface area contributed by atoms with E-state index in [-0.39, 0.29) is 25.6 Å². The van der Waals surface area contributed by atoms with Gasteiger partial charge in [-0.2, -0.15) is 0 Å². The fourth-order valence-electron chi connectivity index (χ4n) is 0.494. The van der Waals surface area contributed by atoms with E-state index in [1.165, 1.54) is 13.8 Å². The van der Waals surface area contributed by atoms with Gasteiger partial charge in [0.15, 0.2) is 0 Å². The molecular weight excluding hydrogens is 148 g/mol. The summed E-state index contributed by atoms with van der Waals surface area (Å²) in [6, 6.07) is 0. The maximum atomic E-state index is 10.3. The molecule has 0 radical (unpaired) electrons. The molecule has 0 spiro atoms. The van der Waals surface area contributed by atoms with E-state index in [1.807, 2.05) is 0 Å². The molecule has 0 aliphatic carbocycles. The van der Waals surface area contributed by atoms with Gasteiger partial charge in [-0.1, -0.05) is 0 Å². The van der Waals surface area contributed by atoms with Gasteiger partial charge < -0.3 is 14.9 Å². The summed E-state index contributed by atoms with van der Waals surface area (Å²) in [4.78, 5) is 10.3. The topological polar surface area (TPSA) is 66.8 Å². The van der Waals surface area contributed by atoms with Crippen LogP contribution in [0.4, 0.5) is 0 Å². The van der Waals surface area contributed by atoms with E-state index < -0.39 is 5.60 Å². The number of hydrogen-bond acceptors (Lipinski definition) is 4. The number of rotatable bonds is 4. The molecule has 0 amide bonds. The van der Waals surface area contributed by atoms with Gasteiger partial charge in [-0.25, -0.2) is 0 Å². The van der Waals surface area contributed by atoms with Gasteiger partial charge in [0.2, 0.25) is 0 Å². The molecule has 0 fully saturated rings. The maximum Gasteiger partial charge on any atom is 0.302 e. The summed E-state index contributed by atoms with van der Waals surface area (Å²) in [6.45, 7) is 2.60. The third-order valence-electron chi connectivity index (χ3n) is 1.29. The zero-order valence-electron chi connectivity index (χ0n) is 6.83.